The molecule has 1 aromatic carbocycles. The molecule has 0 heterocycles. The molecule has 1 rings (SSSR count). The smallest absolute Gasteiger partial charge is 0.338 e. The van der Waals surface area contributed by atoms with Crippen molar-refractivity contribution in [3.05, 3.63) is 23.8 Å². The number of ether oxygens (including phenoxy) is 2. The number of benzene rings is 1. The van der Waals surface area contributed by atoms with Crippen molar-refractivity contribution in [3.63, 3.8) is 0 Å². The van der Waals surface area contributed by atoms with E-state index < -0.39 is 5.97 Å². The molecular formula is C13H18N2O4. The van der Waals surface area contributed by atoms with Crippen molar-refractivity contribution in [3.8, 4) is 5.75 Å². The molecule has 0 saturated heterocycles. The fourth-order valence-electron chi connectivity index (χ4n) is 1.42. The Balaban J connectivity index is 2.61. The van der Waals surface area contributed by atoms with Crippen molar-refractivity contribution >= 4 is 17.6 Å². The molecule has 0 aliphatic rings. The van der Waals surface area contributed by atoms with Gasteiger partial charge < -0.3 is 20.5 Å². The normalized spacial score (nSPS) is 10.1. The third-order valence-electron chi connectivity index (χ3n) is 2.25. The molecule has 0 saturated carbocycles. The number of hydrogen-bond donors (Lipinski definition) is 2. The SMILES string of the molecule is COc1cc(C(=O)OCC(=O)NC(C)C)ccc1N. The molecule has 0 bridgehead atoms. The zero-order valence-electron chi connectivity index (χ0n) is 11.2. The summed E-state index contributed by atoms with van der Waals surface area (Å²) in [5.41, 5.74) is 6.34. The van der Waals surface area contributed by atoms with Crippen LogP contribution in [-0.4, -0.2) is 31.6 Å². The maximum Gasteiger partial charge on any atom is 0.338 e. The maximum atomic E-state index is 11.7. The number of rotatable bonds is 5. The second kappa shape index (κ2) is 6.63. The van der Waals surface area contributed by atoms with Gasteiger partial charge in [0.15, 0.2) is 6.61 Å². The van der Waals surface area contributed by atoms with E-state index in [0.717, 1.165) is 0 Å². The molecule has 0 spiro atoms. The molecule has 6 nitrogen and oxygen atoms in total. The van der Waals surface area contributed by atoms with Gasteiger partial charge in [0, 0.05) is 6.04 Å². The molecule has 0 fully saturated rings. The molecular weight excluding hydrogens is 248 g/mol. The van der Waals surface area contributed by atoms with Crippen LogP contribution in [-0.2, 0) is 9.53 Å². The zero-order chi connectivity index (χ0) is 14.4. The third kappa shape index (κ3) is 4.50. The number of nitrogens with one attached hydrogen (secondary N) is 1. The van der Waals surface area contributed by atoms with Gasteiger partial charge in [-0.15, -0.1) is 0 Å². The average Bonchev–Trinajstić information content (AvgIpc) is 2.35. The summed E-state index contributed by atoms with van der Waals surface area (Å²) in [5, 5.41) is 2.62. The monoisotopic (exact) mass is 266 g/mol. The topological polar surface area (TPSA) is 90.6 Å². The number of nitrogen functional groups attached to an aromatic ring is 1. The van der Waals surface area contributed by atoms with E-state index in [1.165, 1.54) is 19.2 Å². The highest BCUT2D eigenvalue weighted by atomic mass is 16.5. The molecule has 0 unspecified atom stereocenters. The van der Waals surface area contributed by atoms with Gasteiger partial charge in [-0.2, -0.15) is 0 Å². The lowest BCUT2D eigenvalue weighted by Gasteiger charge is -2.10. The van der Waals surface area contributed by atoms with Crippen LogP contribution in [0.15, 0.2) is 18.2 Å². The minimum atomic E-state index is -0.600. The van der Waals surface area contributed by atoms with Crippen LogP contribution < -0.4 is 15.8 Å². The molecule has 3 N–H and O–H groups in total. The number of nitrogens with two attached hydrogens (primary N) is 1. The van der Waals surface area contributed by atoms with Gasteiger partial charge in [0.25, 0.3) is 5.91 Å². The molecule has 1 amide bonds. The second-order valence-electron chi connectivity index (χ2n) is 4.26. The highest BCUT2D eigenvalue weighted by Crippen LogP contribution is 2.22. The number of hydrogen-bond acceptors (Lipinski definition) is 5. The molecule has 19 heavy (non-hydrogen) atoms. The van der Waals surface area contributed by atoms with Gasteiger partial charge >= 0.3 is 5.97 Å². The van der Waals surface area contributed by atoms with Crippen molar-refractivity contribution in [2.45, 2.75) is 19.9 Å². The number of amides is 1. The van der Waals surface area contributed by atoms with Gasteiger partial charge in [-0.05, 0) is 32.0 Å². The number of anilines is 1. The first-order valence-corrected chi connectivity index (χ1v) is 5.84. The summed E-state index contributed by atoms with van der Waals surface area (Å²) < 4.78 is 9.88. The van der Waals surface area contributed by atoms with E-state index in [1.54, 1.807) is 6.07 Å². The lowest BCUT2D eigenvalue weighted by molar-refractivity contribution is -0.124. The Morgan fingerprint density at radius 1 is 1.37 bits per heavy atom. The quantitative estimate of drug-likeness (QED) is 0.612. The first-order chi connectivity index (χ1) is 8.93. The number of methoxy groups -OCH3 is 1. The van der Waals surface area contributed by atoms with Gasteiger partial charge in [-0.25, -0.2) is 4.79 Å². The van der Waals surface area contributed by atoms with Gasteiger partial charge in [0.2, 0.25) is 0 Å². The fourth-order valence-corrected chi connectivity index (χ4v) is 1.42. The van der Waals surface area contributed by atoms with Crippen LogP contribution in [0.25, 0.3) is 0 Å². The van der Waals surface area contributed by atoms with Crippen molar-refractivity contribution < 1.29 is 19.1 Å². The van der Waals surface area contributed by atoms with Gasteiger partial charge in [-0.1, -0.05) is 0 Å². The minimum Gasteiger partial charge on any atom is -0.495 e. The predicted octanol–water partition coefficient (Wildman–Crippen LogP) is 0.959. The van der Waals surface area contributed by atoms with Crippen molar-refractivity contribution in [1.82, 2.24) is 5.32 Å². The summed E-state index contributed by atoms with van der Waals surface area (Å²) in [6.07, 6.45) is 0. The summed E-state index contributed by atoms with van der Waals surface area (Å²) in [5.74, 6) is -0.552. The van der Waals surface area contributed by atoms with E-state index in [9.17, 15) is 9.59 Å². The van der Waals surface area contributed by atoms with E-state index in [-0.39, 0.29) is 24.1 Å². The molecule has 0 aliphatic carbocycles. The number of esters is 1. The Bertz CT molecular complexity index is 472. The standard InChI is InChI=1S/C13H18N2O4/c1-8(2)15-12(16)7-19-13(17)9-4-5-10(14)11(6-9)18-3/h4-6,8H,7,14H2,1-3H3,(H,15,16). The van der Waals surface area contributed by atoms with Crippen LogP contribution in [0.5, 0.6) is 5.75 Å². The van der Waals surface area contributed by atoms with Crippen molar-refractivity contribution in [2.24, 2.45) is 0 Å². The predicted molar refractivity (Wildman–Crippen MR) is 71.0 cm³/mol. The maximum absolute atomic E-state index is 11.7. The Morgan fingerprint density at radius 3 is 2.63 bits per heavy atom. The summed E-state index contributed by atoms with van der Waals surface area (Å²) in [6, 6.07) is 4.53. The lowest BCUT2D eigenvalue weighted by atomic mass is 10.2. The minimum absolute atomic E-state index is 0.00261. The number of carbonyl (C=O) groups is 2. The Morgan fingerprint density at radius 2 is 2.05 bits per heavy atom. The summed E-state index contributed by atoms with van der Waals surface area (Å²) >= 11 is 0. The molecule has 0 aliphatic heterocycles. The van der Waals surface area contributed by atoms with E-state index in [4.69, 9.17) is 15.2 Å². The van der Waals surface area contributed by atoms with Crippen molar-refractivity contribution in [2.75, 3.05) is 19.5 Å². The second-order valence-corrected chi connectivity index (χ2v) is 4.26. The van der Waals surface area contributed by atoms with Crippen LogP contribution in [0.1, 0.15) is 24.2 Å². The van der Waals surface area contributed by atoms with Crippen LogP contribution >= 0.6 is 0 Å². The third-order valence-corrected chi connectivity index (χ3v) is 2.25. The van der Waals surface area contributed by atoms with E-state index in [1.807, 2.05) is 13.8 Å². The molecule has 104 valence electrons. The highest BCUT2D eigenvalue weighted by Gasteiger charge is 2.12. The van der Waals surface area contributed by atoms with Crippen molar-refractivity contribution in [1.29, 1.82) is 0 Å². The lowest BCUT2D eigenvalue weighted by Crippen LogP contribution is -2.33. The van der Waals surface area contributed by atoms with Crippen LogP contribution in [0.2, 0.25) is 0 Å². The van der Waals surface area contributed by atoms with E-state index >= 15 is 0 Å². The summed E-state index contributed by atoms with van der Waals surface area (Å²) in [7, 11) is 1.46. The molecule has 0 aromatic heterocycles. The largest absolute Gasteiger partial charge is 0.495 e. The highest BCUT2D eigenvalue weighted by molar-refractivity contribution is 5.92. The molecule has 0 radical (unpaired) electrons. The molecule has 1 aromatic rings. The molecule has 0 atom stereocenters. The van der Waals surface area contributed by atoms with Gasteiger partial charge in [0.05, 0.1) is 18.4 Å². The van der Waals surface area contributed by atoms with Crippen LogP contribution in [0, 0.1) is 0 Å². The Kier molecular flexibility index (Phi) is 5.17. The average molecular weight is 266 g/mol. The number of carbonyl (C=O) groups excluding carboxylic acids is 2. The Hall–Kier alpha value is -2.24. The van der Waals surface area contributed by atoms with Gasteiger partial charge in [-0.3, -0.25) is 4.79 Å². The summed E-state index contributed by atoms with van der Waals surface area (Å²) in [6.45, 7) is 3.33. The zero-order valence-corrected chi connectivity index (χ0v) is 11.2. The van der Waals surface area contributed by atoms with E-state index in [0.29, 0.717) is 11.4 Å². The summed E-state index contributed by atoms with van der Waals surface area (Å²) in [4.78, 5) is 23.0. The Labute approximate surface area is 111 Å². The fraction of sp³-hybridized carbons (Fsp3) is 0.385. The molecule has 6 heteroatoms. The van der Waals surface area contributed by atoms with E-state index in [2.05, 4.69) is 5.32 Å². The first-order valence-electron chi connectivity index (χ1n) is 5.84. The van der Waals surface area contributed by atoms with Gasteiger partial charge in [0.1, 0.15) is 5.75 Å². The first kappa shape index (κ1) is 14.8. The van der Waals surface area contributed by atoms with Crippen LogP contribution in [0.4, 0.5) is 5.69 Å². The van der Waals surface area contributed by atoms with Crippen LogP contribution in [0.3, 0.4) is 0 Å².